The Morgan fingerprint density at radius 1 is 1.26 bits per heavy atom. The number of nitrogens with zero attached hydrogens (tertiary/aromatic N) is 2. The van der Waals surface area contributed by atoms with Crippen molar-refractivity contribution in [2.75, 3.05) is 6.61 Å². The molecule has 0 unspecified atom stereocenters. The number of esters is 1. The summed E-state index contributed by atoms with van der Waals surface area (Å²) in [6, 6.07) is 9.20. The molecule has 0 atom stereocenters. The van der Waals surface area contributed by atoms with E-state index in [2.05, 4.69) is 25.9 Å². The maximum absolute atomic E-state index is 12.0. The number of pyridine rings is 1. The zero-order valence-electron chi connectivity index (χ0n) is 12.3. The molecular formula is C17H13BrN2O3. The quantitative estimate of drug-likeness (QED) is 0.607. The minimum Gasteiger partial charge on any atom is -0.494 e. The highest BCUT2D eigenvalue weighted by atomic mass is 79.9. The van der Waals surface area contributed by atoms with Crippen molar-refractivity contribution >= 4 is 33.9 Å². The first-order valence-electron chi connectivity index (χ1n) is 7.02. The highest BCUT2D eigenvalue weighted by molar-refractivity contribution is 9.10. The van der Waals surface area contributed by atoms with E-state index in [0.29, 0.717) is 12.2 Å². The zero-order valence-corrected chi connectivity index (χ0v) is 13.9. The van der Waals surface area contributed by atoms with Gasteiger partial charge >= 0.3 is 5.97 Å². The highest BCUT2D eigenvalue weighted by Gasteiger charge is 2.24. The van der Waals surface area contributed by atoms with Crippen LogP contribution in [0.5, 0.6) is 5.75 Å². The van der Waals surface area contributed by atoms with Crippen molar-refractivity contribution in [3.05, 3.63) is 64.0 Å². The molecule has 3 rings (SSSR count). The van der Waals surface area contributed by atoms with Crippen LogP contribution in [0.4, 0.5) is 0 Å². The summed E-state index contributed by atoms with van der Waals surface area (Å²) in [5.74, 6) is 0.558. The molecule has 5 nitrogen and oxygen atoms in total. The molecule has 0 radical (unpaired) electrons. The van der Waals surface area contributed by atoms with Gasteiger partial charge in [-0.15, -0.1) is 0 Å². The van der Waals surface area contributed by atoms with Crippen molar-refractivity contribution in [3.63, 3.8) is 0 Å². The first-order valence-corrected chi connectivity index (χ1v) is 7.81. The molecule has 0 amide bonds. The Morgan fingerprint density at radius 2 is 2.04 bits per heavy atom. The number of benzene rings is 1. The van der Waals surface area contributed by atoms with E-state index in [4.69, 9.17) is 9.47 Å². The number of halogens is 1. The Balaban J connectivity index is 1.85. The topological polar surface area (TPSA) is 60.8 Å². The monoisotopic (exact) mass is 372 g/mol. The smallest absolute Gasteiger partial charge is 0.363 e. The molecule has 116 valence electrons. The van der Waals surface area contributed by atoms with Gasteiger partial charge in [-0.1, -0.05) is 12.1 Å². The van der Waals surface area contributed by atoms with Crippen LogP contribution in [-0.4, -0.2) is 23.5 Å². The fraction of sp³-hybridized carbons (Fsp3) is 0.118. The fourth-order valence-electron chi connectivity index (χ4n) is 2.05. The van der Waals surface area contributed by atoms with Crippen molar-refractivity contribution in [1.82, 2.24) is 4.98 Å². The van der Waals surface area contributed by atoms with Gasteiger partial charge in [0.1, 0.15) is 5.75 Å². The van der Waals surface area contributed by atoms with Gasteiger partial charge in [0.25, 0.3) is 0 Å². The van der Waals surface area contributed by atoms with E-state index in [1.54, 1.807) is 24.5 Å². The summed E-state index contributed by atoms with van der Waals surface area (Å²) in [6.07, 6.45) is 4.92. The third kappa shape index (κ3) is 3.65. The molecule has 0 fully saturated rings. The lowest BCUT2D eigenvalue weighted by atomic mass is 10.2. The first-order chi connectivity index (χ1) is 11.2. The summed E-state index contributed by atoms with van der Waals surface area (Å²) in [7, 11) is 0. The fourth-order valence-corrected chi connectivity index (χ4v) is 2.41. The van der Waals surface area contributed by atoms with Crippen LogP contribution in [0.3, 0.4) is 0 Å². The van der Waals surface area contributed by atoms with Crippen molar-refractivity contribution < 1.29 is 14.3 Å². The minimum atomic E-state index is -0.478. The molecule has 1 aromatic carbocycles. The molecule has 1 aromatic heterocycles. The van der Waals surface area contributed by atoms with Gasteiger partial charge in [-0.2, -0.15) is 0 Å². The molecule has 1 aliphatic rings. The molecule has 0 N–H and O–H groups in total. The summed E-state index contributed by atoms with van der Waals surface area (Å²) >= 11 is 3.33. The van der Waals surface area contributed by atoms with E-state index in [1.807, 2.05) is 31.2 Å². The molecule has 0 bridgehead atoms. The van der Waals surface area contributed by atoms with Gasteiger partial charge in [-0.25, -0.2) is 9.79 Å². The number of aromatic nitrogens is 1. The van der Waals surface area contributed by atoms with Crippen LogP contribution in [-0.2, 0) is 9.53 Å². The van der Waals surface area contributed by atoms with Gasteiger partial charge in [-0.3, -0.25) is 4.98 Å². The van der Waals surface area contributed by atoms with Crippen LogP contribution in [0.1, 0.15) is 18.1 Å². The second-order valence-electron chi connectivity index (χ2n) is 4.73. The largest absolute Gasteiger partial charge is 0.494 e. The van der Waals surface area contributed by atoms with E-state index in [-0.39, 0.29) is 11.6 Å². The lowest BCUT2D eigenvalue weighted by Crippen LogP contribution is -2.05. The number of hydrogen-bond acceptors (Lipinski definition) is 5. The van der Waals surface area contributed by atoms with Crippen LogP contribution < -0.4 is 4.74 Å². The lowest BCUT2D eigenvalue weighted by molar-refractivity contribution is -0.129. The summed E-state index contributed by atoms with van der Waals surface area (Å²) in [5.41, 5.74) is 1.74. The van der Waals surface area contributed by atoms with E-state index < -0.39 is 5.97 Å². The van der Waals surface area contributed by atoms with E-state index in [1.165, 1.54) is 0 Å². The normalized spacial score (nSPS) is 15.5. The molecule has 0 saturated carbocycles. The second kappa shape index (κ2) is 6.75. The predicted octanol–water partition coefficient (Wildman–Crippen LogP) is 3.59. The summed E-state index contributed by atoms with van der Waals surface area (Å²) in [6.45, 7) is 2.54. The second-order valence-corrected chi connectivity index (χ2v) is 5.65. The van der Waals surface area contributed by atoms with Gasteiger partial charge in [0.15, 0.2) is 5.70 Å². The number of cyclic esters (lactones) is 1. The van der Waals surface area contributed by atoms with Crippen molar-refractivity contribution in [3.8, 4) is 5.75 Å². The molecule has 6 heteroatoms. The van der Waals surface area contributed by atoms with Crippen molar-refractivity contribution in [2.45, 2.75) is 6.92 Å². The van der Waals surface area contributed by atoms with E-state index in [9.17, 15) is 4.79 Å². The third-order valence-corrected chi connectivity index (χ3v) is 3.50. The number of ether oxygens (including phenoxy) is 2. The number of hydrogen-bond donors (Lipinski definition) is 0. The predicted molar refractivity (Wildman–Crippen MR) is 90.2 cm³/mol. The lowest BCUT2D eigenvalue weighted by Gasteiger charge is -2.02. The van der Waals surface area contributed by atoms with E-state index >= 15 is 0 Å². The molecule has 2 aromatic rings. The van der Waals surface area contributed by atoms with Crippen LogP contribution >= 0.6 is 15.9 Å². The Morgan fingerprint density at radius 3 is 2.74 bits per heavy atom. The van der Waals surface area contributed by atoms with Gasteiger partial charge in [-0.05, 0) is 52.7 Å². The zero-order chi connectivity index (χ0) is 16.2. The van der Waals surface area contributed by atoms with Crippen LogP contribution in [0.15, 0.2) is 57.9 Å². The molecule has 23 heavy (non-hydrogen) atoms. The Hall–Kier alpha value is -2.47. The first kappa shape index (κ1) is 15.4. The van der Waals surface area contributed by atoms with E-state index in [0.717, 1.165) is 15.8 Å². The van der Waals surface area contributed by atoms with Crippen LogP contribution in [0.2, 0.25) is 0 Å². The van der Waals surface area contributed by atoms with Crippen molar-refractivity contribution in [2.24, 2.45) is 4.99 Å². The molecule has 0 spiro atoms. The molecule has 1 aliphatic heterocycles. The van der Waals surface area contributed by atoms with Gasteiger partial charge < -0.3 is 9.47 Å². The summed E-state index contributed by atoms with van der Waals surface area (Å²) < 4.78 is 11.4. The molecule has 0 aliphatic carbocycles. The Labute approximate surface area is 141 Å². The van der Waals surface area contributed by atoms with Crippen LogP contribution in [0.25, 0.3) is 6.08 Å². The van der Waals surface area contributed by atoms with Gasteiger partial charge in [0, 0.05) is 16.9 Å². The standard InChI is InChI=1S/C17H13BrN2O3/c1-2-22-14-5-3-11(4-6-14)7-15-17(21)23-16(20-15)12-8-13(18)10-19-9-12/h3-10H,2H2,1H3/b15-7-. The average Bonchev–Trinajstić information content (AvgIpc) is 2.91. The van der Waals surface area contributed by atoms with Gasteiger partial charge in [0.2, 0.25) is 5.90 Å². The SMILES string of the molecule is CCOc1ccc(/C=C2\N=C(c3cncc(Br)c3)OC2=O)cc1. The number of carbonyl (C=O) groups excluding carboxylic acids is 1. The number of rotatable bonds is 4. The third-order valence-electron chi connectivity index (χ3n) is 3.07. The summed E-state index contributed by atoms with van der Waals surface area (Å²) in [5, 5.41) is 0. The summed E-state index contributed by atoms with van der Waals surface area (Å²) in [4.78, 5) is 20.2. The molecule has 2 heterocycles. The Bertz CT molecular complexity index is 798. The molecular weight excluding hydrogens is 360 g/mol. The van der Waals surface area contributed by atoms with Crippen LogP contribution in [0, 0.1) is 0 Å². The number of carbonyl (C=O) groups is 1. The average molecular weight is 373 g/mol. The van der Waals surface area contributed by atoms with Gasteiger partial charge in [0.05, 0.1) is 12.2 Å². The highest BCUT2D eigenvalue weighted by Crippen LogP contribution is 2.21. The van der Waals surface area contributed by atoms with Crippen molar-refractivity contribution in [1.29, 1.82) is 0 Å². The Kier molecular flexibility index (Phi) is 4.52. The number of aliphatic imine (C=N–C) groups is 1. The molecule has 0 saturated heterocycles. The minimum absolute atomic E-state index is 0.251. The maximum atomic E-state index is 12.0. The maximum Gasteiger partial charge on any atom is 0.363 e.